The number of β-amino-alcohol motifs (C(OH)–C–C–N with tert-alkyl or cyclic N) is 1. The lowest BCUT2D eigenvalue weighted by atomic mass is 9.94. The van der Waals surface area contributed by atoms with Gasteiger partial charge in [-0.15, -0.1) is 11.3 Å². The van der Waals surface area contributed by atoms with Gasteiger partial charge in [0.15, 0.2) is 0 Å². The maximum atomic E-state index is 12.9. The first-order valence-corrected chi connectivity index (χ1v) is 11.0. The van der Waals surface area contributed by atoms with Gasteiger partial charge in [0.05, 0.1) is 12.0 Å². The average Bonchev–Trinajstić information content (AvgIpc) is 3.02. The Hall–Kier alpha value is -1.77. The molecule has 2 saturated heterocycles. The largest absolute Gasteiger partial charge is 0.395 e. The topological polar surface area (TPSA) is 72.8 Å². The fraction of sp³-hybridized carbons (Fsp3) is 0.650. The second-order valence-electron chi connectivity index (χ2n) is 7.81. The molecule has 2 aliphatic rings. The van der Waals surface area contributed by atoms with Crippen molar-refractivity contribution in [1.29, 1.82) is 0 Å². The number of carbonyl (C=O) groups excluding carboxylic acids is 1. The fourth-order valence-corrected chi connectivity index (χ4v) is 5.32. The van der Waals surface area contributed by atoms with Crippen LogP contribution in [-0.2, 0) is 4.79 Å². The molecule has 0 aromatic carbocycles. The number of aryl methyl sites for hydroxylation is 2. The summed E-state index contributed by atoms with van der Waals surface area (Å²) >= 11 is 1.73. The van der Waals surface area contributed by atoms with Crippen molar-refractivity contribution in [1.82, 2.24) is 19.8 Å². The van der Waals surface area contributed by atoms with E-state index >= 15 is 0 Å². The molecule has 4 heterocycles. The maximum Gasteiger partial charge on any atom is 0.225 e. The number of aliphatic hydroxyl groups excluding tert-OH is 1. The van der Waals surface area contributed by atoms with E-state index in [-0.39, 0.29) is 12.5 Å². The number of nitrogens with zero attached hydrogens (tertiary/aromatic N) is 5. The van der Waals surface area contributed by atoms with Crippen LogP contribution in [0, 0.1) is 19.8 Å². The van der Waals surface area contributed by atoms with Crippen LogP contribution in [0.3, 0.4) is 0 Å². The number of hydrogen-bond donors (Lipinski definition) is 1. The lowest BCUT2D eigenvalue weighted by molar-refractivity contribution is -0.138. The van der Waals surface area contributed by atoms with Gasteiger partial charge >= 0.3 is 0 Å². The van der Waals surface area contributed by atoms with Crippen molar-refractivity contribution in [2.75, 3.05) is 57.3 Å². The summed E-state index contributed by atoms with van der Waals surface area (Å²) in [5.41, 5.74) is 1.27. The highest BCUT2D eigenvalue weighted by Gasteiger charge is 2.31. The number of thiophene rings is 1. The molecule has 0 spiro atoms. The van der Waals surface area contributed by atoms with Gasteiger partial charge in [0.1, 0.15) is 17.0 Å². The number of piperazine rings is 1. The van der Waals surface area contributed by atoms with Gasteiger partial charge in [-0.2, -0.15) is 0 Å². The van der Waals surface area contributed by atoms with E-state index in [0.29, 0.717) is 12.5 Å². The molecule has 2 aromatic rings. The molecular formula is C20H29N5O2S. The van der Waals surface area contributed by atoms with E-state index in [4.69, 9.17) is 5.11 Å². The molecule has 0 saturated carbocycles. The minimum absolute atomic E-state index is 0.114. The van der Waals surface area contributed by atoms with Crippen molar-refractivity contribution in [2.24, 2.45) is 5.92 Å². The van der Waals surface area contributed by atoms with Crippen LogP contribution in [0.2, 0.25) is 0 Å². The maximum absolute atomic E-state index is 12.9. The zero-order valence-corrected chi connectivity index (χ0v) is 17.5. The first kappa shape index (κ1) is 19.5. The van der Waals surface area contributed by atoms with Crippen molar-refractivity contribution in [3.05, 3.63) is 16.8 Å². The number of rotatable bonds is 4. The van der Waals surface area contributed by atoms with E-state index in [2.05, 4.69) is 33.6 Å². The Labute approximate surface area is 170 Å². The lowest BCUT2D eigenvalue weighted by Gasteiger charge is -2.38. The van der Waals surface area contributed by atoms with Crippen molar-refractivity contribution in [3.8, 4) is 0 Å². The van der Waals surface area contributed by atoms with Crippen LogP contribution in [0.25, 0.3) is 10.2 Å². The molecule has 0 aliphatic carbocycles. The third-order valence-corrected chi connectivity index (χ3v) is 7.30. The number of anilines is 1. The van der Waals surface area contributed by atoms with Gasteiger partial charge < -0.3 is 14.9 Å². The van der Waals surface area contributed by atoms with Gasteiger partial charge in [-0.3, -0.25) is 9.69 Å². The Bertz CT molecular complexity index is 838. The van der Waals surface area contributed by atoms with Crippen LogP contribution in [0.1, 0.15) is 23.3 Å². The predicted octanol–water partition coefficient (Wildman–Crippen LogP) is 1.66. The van der Waals surface area contributed by atoms with E-state index in [9.17, 15) is 4.79 Å². The Balaban J connectivity index is 1.38. The second kappa shape index (κ2) is 8.31. The van der Waals surface area contributed by atoms with Crippen LogP contribution >= 0.6 is 11.3 Å². The smallest absolute Gasteiger partial charge is 0.225 e. The summed E-state index contributed by atoms with van der Waals surface area (Å²) in [6.07, 6.45) is 3.42. The Morgan fingerprint density at radius 1 is 1.14 bits per heavy atom. The summed E-state index contributed by atoms with van der Waals surface area (Å²) in [6.45, 7) is 10.2. The van der Waals surface area contributed by atoms with Gasteiger partial charge in [0.2, 0.25) is 5.91 Å². The number of hydrogen-bond acceptors (Lipinski definition) is 7. The van der Waals surface area contributed by atoms with E-state index in [1.54, 1.807) is 17.7 Å². The van der Waals surface area contributed by atoms with E-state index in [1.165, 1.54) is 15.8 Å². The summed E-state index contributed by atoms with van der Waals surface area (Å²) < 4.78 is 0. The summed E-state index contributed by atoms with van der Waals surface area (Å²) in [5, 5.41) is 10.2. The number of aromatic nitrogens is 2. The molecule has 28 heavy (non-hydrogen) atoms. The molecule has 1 N–H and O–H groups in total. The van der Waals surface area contributed by atoms with Crippen LogP contribution in [0.4, 0.5) is 5.82 Å². The van der Waals surface area contributed by atoms with Gasteiger partial charge in [-0.25, -0.2) is 9.97 Å². The van der Waals surface area contributed by atoms with Crippen LogP contribution < -0.4 is 4.90 Å². The summed E-state index contributed by atoms with van der Waals surface area (Å²) in [7, 11) is 0. The third kappa shape index (κ3) is 3.73. The monoisotopic (exact) mass is 403 g/mol. The lowest BCUT2D eigenvalue weighted by Crippen LogP contribution is -2.52. The number of piperidine rings is 1. The molecule has 7 nitrogen and oxygen atoms in total. The van der Waals surface area contributed by atoms with Crippen LogP contribution in [0.5, 0.6) is 0 Å². The average molecular weight is 404 g/mol. The summed E-state index contributed by atoms with van der Waals surface area (Å²) in [4.78, 5) is 30.9. The number of aliphatic hydroxyl groups is 1. The molecule has 2 aromatic heterocycles. The molecule has 4 rings (SSSR count). The van der Waals surface area contributed by atoms with E-state index < -0.39 is 0 Å². The number of fused-ring (bicyclic) bond motifs is 1. The molecule has 0 bridgehead atoms. The minimum atomic E-state index is 0.114. The Morgan fingerprint density at radius 3 is 2.54 bits per heavy atom. The van der Waals surface area contributed by atoms with Crippen LogP contribution in [0.15, 0.2) is 6.33 Å². The molecular weight excluding hydrogens is 374 g/mol. The molecule has 0 unspecified atom stereocenters. The molecule has 8 heteroatoms. The van der Waals surface area contributed by atoms with Crippen molar-refractivity contribution >= 4 is 33.3 Å². The highest BCUT2D eigenvalue weighted by Crippen LogP contribution is 2.35. The van der Waals surface area contributed by atoms with Crippen molar-refractivity contribution in [2.45, 2.75) is 26.7 Å². The number of amides is 1. The second-order valence-corrected chi connectivity index (χ2v) is 9.02. The standard InChI is InChI=1S/C20H29N5O2S/c1-14-15(2)28-19-17(14)18(21-13-22-19)24-5-3-16(4-6-24)20(27)25-9-7-23(8-10-25)11-12-26/h13,16,26H,3-12H2,1-2H3. The van der Waals surface area contributed by atoms with Crippen molar-refractivity contribution in [3.63, 3.8) is 0 Å². The normalized spacial score (nSPS) is 19.5. The summed E-state index contributed by atoms with van der Waals surface area (Å²) in [6, 6.07) is 0. The van der Waals surface area contributed by atoms with Gasteiger partial charge in [0.25, 0.3) is 0 Å². The SMILES string of the molecule is Cc1sc2ncnc(N3CCC(C(=O)N4CCN(CCO)CC4)CC3)c2c1C. The zero-order valence-electron chi connectivity index (χ0n) is 16.7. The first-order valence-electron chi connectivity index (χ1n) is 10.2. The Kier molecular flexibility index (Phi) is 5.80. The molecule has 0 radical (unpaired) electrons. The van der Waals surface area contributed by atoms with Gasteiger partial charge in [0, 0.05) is 56.6 Å². The molecule has 0 atom stereocenters. The van der Waals surface area contributed by atoms with E-state index in [0.717, 1.165) is 62.8 Å². The predicted molar refractivity (Wildman–Crippen MR) is 112 cm³/mol. The molecule has 152 valence electrons. The van der Waals surface area contributed by atoms with E-state index in [1.807, 2.05) is 4.90 Å². The molecule has 2 aliphatic heterocycles. The first-order chi connectivity index (χ1) is 13.6. The molecule has 1 amide bonds. The van der Waals surface area contributed by atoms with Crippen LogP contribution in [-0.4, -0.2) is 83.2 Å². The van der Waals surface area contributed by atoms with Crippen molar-refractivity contribution < 1.29 is 9.90 Å². The molecule has 2 fully saturated rings. The Morgan fingerprint density at radius 2 is 1.86 bits per heavy atom. The minimum Gasteiger partial charge on any atom is -0.395 e. The summed E-state index contributed by atoms with van der Waals surface area (Å²) in [5.74, 6) is 1.44. The highest BCUT2D eigenvalue weighted by molar-refractivity contribution is 7.18. The third-order valence-electron chi connectivity index (χ3n) is 6.19. The van der Waals surface area contributed by atoms with Gasteiger partial charge in [-0.1, -0.05) is 0 Å². The highest BCUT2D eigenvalue weighted by atomic mass is 32.1. The number of carbonyl (C=O) groups is 1. The zero-order chi connectivity index (χ0) is 19.7. The fourth-order valence-electron chi connectivity index (χ4n) is 4.33. The quantitative estimate of drug-likeness (QED) is 0.837. The van der Waals surface area contributed by atoms with Gasteiger partial charge in [-0.05, 0) is 32.3 Å².